The molecule has 1 amide bonds. The molecule has 0 aliphatic heterocycles. The number of aromatic nitrogens is 1. The number of carbonyl (C=O) groups excluding carboxylic acids is 1. The van der Waals surface area contributed by atoms with E-state index in [4.69, 9.17) is 4.74 Å². The molecule has 0 aliphatic rings. The second kappa shape index (κ2) is 6.56. The summed E-state index contributed by atoms with van der Waals surface area (Å²) in [5, 5.41) is 3.82. The van der Waals surface area contributed by atoms with E-state index in [9.17, 15) is 4.79 Å². The van der Waals surface area contributed by atoms with E-state index in [-0.39, 0.29) is 12.5 Å². The van der Waals surface area contributed by atoms with Gasteiger partial charge in [-0.05, 0) is 49.2 Å². The van der Waals surface area contributed by atoms with Crippen LogP contribution >= 0.6 is 0 Å². The van der Waals surface area contributed by atoms with Crippen molar-refractivity contribution in [3.8, 4) is 5.75 Å². The Morgan fingerprint density at radius 1 is 1.35 bits per heavy atom. The maximum atomic E-state index is 11.5. The van der Waals surface area contributed by atoms with Crippen molar-refractivity contribution in [2.45, 2.75) is 13.8 Å². The molecule has 1 aromatic heterocycles. The van der Waals surface area contributed by atoms with Crippen LogP contribution in [0.5, 0.6) is 5.75 Å². The van der Waals surface area contributed by atoms with Crippen LogP contribution < -0.4 is 10.2 Å². The zero-order chi connectivity index (χ0) is 14.4. The fraction of sp³-hybridized carbons (Fsp3) is 0.200. The molecule has 2 N–H and O–H groups in total. The molecule has 1 aromatic carbocycles. The van der Waals surface area contributed by atoms with Gasteiger partial charge in [-0.25, -0.2) is 5.43 Å². The predicted molar refractivity (Wildman–Crippen MR) is 77.9 cm³/mol. The standard InChI is InChI=1S/C15H17N3O2/c1-11-5-6-14(8-12(11)2)20-10-15(19)18-17-9-13-4-3-7-16-13/h3-9,16H,10H2,1-2H3,(H,18,19). The molecule has 0 radical (unpaired) electrons. The molecule has 0 aliphatic carbocycles. The number of amides is 1. The monoisotopic (exact) mass is 271 g/mol. The van der Waals surface area contributed by atoms with Gasteiger partial charge in [0, 0.05) is 6.20 Å². The highest BCUT2D eigenvalue weighted by Gasteiger charge is 2.02. The van der Waals surface area contributed by atoms with Gasteiger partial charge in [0.25, 0.3) is 5.91 Å². The Kier molecular flexibility index (Phi) is 4.55. The lowest BCUT2D eigenvalue weighted by molar-refractivity contribution is -0.123. The van der Waals surface area contributed by atoms with Gasteiger partial charge >= 0.3 is 0 Å². The Hall–Kier alpha value is -2.56. The Morgan fingerprint density at radius 2 is 2.20 bits per heavy atom. The van der Waals surface area contributed by atoms with Gasteiger partial charge in [0.15, 0.2) is 6.61 Å². The summed E-state index contributed by atoms with van der Waals surface area (Å²) in [6.45, 7) is 3.97. The number of carbonyl (C=O) groups is 1. The number of nitrogens with zero attached hydrogens (tertiary/aromatic N) is 1. The van der Waals surface area contributed by atoms with Crippen LogP contribution in [0.1, 0.15) is 16.8 Å². The van der Waals surface area contributed by atoms with Crippen LogP contribution in [0.4, 0.5) is 0 Å². The minimum atomic E-state index is -0.300. The molecular weight excluding hydrogens is 254 g/mol. The molecule has 1 heterocycles. The molecule has 0 saturated carbocycles. The van der Waals surface area contributed by atoms with E-state index in [1.165, 1.54) is 11.8 Å². The van der Waals surface area contributed by atoms with Gasteiger partial charge in [0.2, 0.25) is 0 Å². The van der Waals surface area contributed by atoms with Gasteiger partial charge < -0.3 is 9.72 Å². The number of hydrogen-bond acceptors (Lipinski definition) is 3. The third-order valence-electron chi connectivity index (χ3n) is 2.86. The highest BCUT2D eigenvalue weighted by Crippen LogP contribution is 2.16. The van der Waals surface area contributed by atoms with Crippen molar-refractivity contribution in [2.24, 2.45) is 5.10 Å². The van der Waals surface area contributed by atoms with Crippen molar-refractivity contribution in [3.05, 3.63) is 53.3 Å². The highest BCUT2D eigenvalue weighted by molar-refractivity contribution is 5.81. The summed E-state index contributed by atoms with van der Waals surface area (Å²) >= 11 is 0. The number of aromatic amines is 1. The lowest BCUT2D eigenvalue weighted by Crippen LogP contribution is -2.24. The molecule has 0 unspecified atom stereocenters. The molecular formula is C15H17N3O2. The minimum Gasteiger partial charge on any atom is -0.484 e. The highest BCUT2D eigenvalue weighted by atomic mass is 16.5. The van der Waals surface area contributed by atoms with Gasteiger partial charge in [-0.15, -0.1) is 0 Å². The number of hydrogen-bond donors (Lipinski definition) is 2. The van der Waals surface area contributed by atoms with E-state index in [2.05, 4.69) is 15.5 Å². The second-order valence-corrected chi connectivity index (χ2v) is 4.45. The average Bonchev–Trinajstić information content (AvgIpc) is 2.93. The molecule has 0 spiro atoms. The van der Waals surface area contributed by atoms with Crippen LogP contribution in [-0.4, -0.2) is 23.7 Å². The van der Waals surface area contributed by atoms with Crippen LogP contribution in [0.15, 0.2) is 41.6 Å². The number of benzene rings is 1. The molecule has 0 fully saturated rings. The van der Waals surface area contributed by atoms with E-state index >= 15 is 0 Å². The van der Waals surface area contributed by atoms with Crippen molar-refractivity contribution in [2.75, 3.05) is 6.61 Å². The second-order valence-electron chi connectivity index (χ2n) is 4.45. The molecule has 2 rings (SSSR count). The Bertz CT molecular complexity index is 604. The van der Waals surface area contributed by atoms with E-state index in [1.54, 1.807) is 6.20 Å². The normalized spacial score (nSPS) is 10.7. The first-order valence-corrected chi connectivity index (χ1v) is 6.30. The Labute approximate surface area is 117 Å². The number of hydrazone groups is 1. The molecule has 104 valence electrons. The van der Waals surface area contributed by atoms with Crippen LogP contribution in [0.3, 0.4) is 0 Å². The lowest BCUT2D eigenvalue weighted by Gasteiger charge is -2.07. The van der Waals surface area contributed by atoms with Crippen LogP contribution in [0.2, 0.25) is 0 Å². The predicted octanol–water partition coefficient (Wildman–Crippen LogP) is 2.16. The fourth-order valence-electron chi connectivity index (χ4n) is 1.58. The summed E-state index contributed by atoms with van der Waals surface area (Å²) in [6, 6.07) is 9.42. The number of nitrogens with one attached hydrogen (secondary N) is 2. The largest absolute Gasteiger partial charge is 0.484 e. The first-order chi connectivity index (χ1) is 9.65. The Balaban J connectivity index is 1.78. The van der Waals surface area contributed by atoms with Gasteiger partial charge in [-0.1, -0.05) is 6.07 Å². The minimum absolute atomic E-state index is 0.0649. The fourth-order valence-corrected chi connectivity index (χ4v) is 1.58. The summed E-state index contributed by atoms with van der Waals surface area (Å²) in [7, 11) is 0. The zero-order valence-electron chi connectivity index (χ0n) is 11.5. The molecule has 20 heavy (non-hydrogen) atoms. The molecule has 0 bridgehead atoms. The van der Waals surface area contributed by atoms with E-state index < -0.39 is 0 Å². The molecule has 5 nitrogen and oxygen atoms in total. The number of H-pyrrole nitrogens is 1. The van der Waals surface area contributed by atoms with Crippen molar-refractivity contribution >= 4 is 12.1 Å². The molecule has 5 heteroatoms. The first kappa shape index (κ1) is 13.9. The molecule has 2 aromatic rings. The maximum absolute atomic E-state index is 11.5. The molecule has 0 atom stereocenters. The Morgan fingerprint density at radius 3 is 2.90 bits per heavy atom. The van der Waals surface area contributed by atoms with Crippen molar-refractivity contribution in [3.63, 3.8) is 0 Å². The van der Waals surface area contributed by atoms with Crippen LogP contribution in [-0.2, 0) is 4.79 Å². The van der Waals surface area contributed by atoms with Crippen LogP contribution in [0.25, 0.3) is 0 Å². The third kappa shape index (κ3) is 3.98. The number of rotatable bonds is 5. The van der Waals surface area contributed by atoms with Gasteiger partial charge in [-0.3, -0.25) is 4.79 Å². The summed E-state index contributed by atoms with van der Waals surface area (Å²) in [5.74, 6) is 0.377. The van der Waals surface area contributed by atoms with E-state index in [0.717, 1.165) is 11.3 Å². The van der Waals surface area contributed by atoms with Crippen molar-refractivity contribution < 1.29 is 9.53 Å². The summed E-state index contributed by atoms with van der Waals surface area (Å²) in [6.07, 6.45) is 3.32. The van der Waals surface area contributed by atoms with Gasteiger partial charge in [-0.2, -0.15) is 5.10 Å². The number of aryl methyl sites for hydroxylation is 2. The first-order valence-electron chi connectivity index (χ1n) is 6.30. The van der Waals surface area contributed by atoms with Gasteiger partial charge in [0.05, 0.1) is 11.9 Å². The van der Waals surface area contributed by atoms with Gasteiger partial charge in [0.1, 0.15) is 5.75 Å². The smallest absolute Gasteiger partial charge is 0.277 e. The quantitative estimate of drug-likeness (QED) is 0.646. The summed E-state index contributed by atoms with van der Waals surface area (Å²) in [4.78, 5) is 14.5. The maximum Gasteiger partial charge on any atom is 0.277 e. The molecule has 0 saturated heterocycles. The average molecular weight is 271 g/mol. The third-order valence-corrected chi connectivity index (χ3v) is 2.86. The zero-order valence-corrected chi connectivity index (χ0v) is 11.5. The summed E-state index contributed by atoms with van der Waals surface area (Å²) < 4.78 is 5.40. The SMILES string of the molecule is Cc1ccc(OCC(=O)NN=Cc2ccc[nH]2)cc1C. The van der Waals surface area contributed by atoms with E-state index in [1.807, 2.05) is 44.2 Å². The topological polar surface area (TPSA) is 66.5 Å². The van der Waals surface area contributed by atoms with Crippen LogP contribution in [0, 0.1) is 13.8 Å². The summed E-state index contributed by atoms with van der Waals surface area (Å²) in [5.41, 5.74) is 5.55. The van der Waals surface area contributed by atoms with Crippen molar-refractivity contribution in [1.29, 1.82) is 0 Å². The number of ether oxygens (including phenoxy) is 1. The lowest BCUT2D eigenvalue weighted by atomic mass is 10.1. The van der Waals surface area contributed by atoms with E-state index in [0.29, 0.717) is 5.75 Å². The van der Waals surface area contributed by atoms with Crippen molar-refractivity contribution in [1.82, 2.24) is 10.4 Å².